The number of amides is 3. The molecule has 0 aliphatic carbocycles. The van der Waals surface area contributed by atoms with Crippen molar-refractivity contribution in [3.05, 3.63) is 22.4 Å². The van der Waals surface area contributed by atoms with Crippen LogP contribution in [0.3, 0.4) is 0 Å². The van der Waals surface area contributed by atoms with E-state index < -0.39 is 6.04 Å². The fourth-order valence-corrected chi connectivity index (χ4v) is 4.11. The second-order valence-electron chi connectivity index (χ2n) is 9.52. The molecule has 0 radical (unpaired) electrons. The van der Waals surface area contributed by atoms with Crippen molar-refractivity contribution in [2.45, 2.75) is 59.9 Å². The summed E-state index contributed by atoms with van der Waals surface area (Å²) in [6.07, 6.45) is 1.94. The lowest BCUT2D eigenvalue weighted by Crippen LogP contribution is -2.54. The van der Waals surface area contributed by atoms with Crippen LogP contribution in [0.2, 0.25) is 0 Å². The van der Waals surface area contributed by atoms with E-state index in [0.717, 1.165) is 0 Å². The Morgan fingerprint density at radius 2 is 1.86 bits per heavy atom. The molecule has 2 rings (SSSR count). The van der Waals surface area contributed by atoms with Crippen LogP contribution in [-0.2, 0) is 9.59 Å². The van der Waals surface area contributed by atoms with Crippen molar-refractivity contribution in [3.8, 4) is 0 Å². The molecule has 2 N–H and O–H groups in total. The third-order valence-corrected chi connectivity index (χ3v) is 5.91. The van der Waals surface area contributed by atoms with E-state index in [2.05, 4.69) is 31.4 Å². The molecule has 1 aromatic heterocycles. The van der Waals surface area contributed by atoms with Crippen molar-refractivity contribution in [1.29, 1.82) is 0 Å². The Morgan fingerprint density at radius 1 is 1.21 bits per heavy atom. The molecule has 29 heavy (non-hydrogen) atoms. The summed E-state index contributed by atoms with van der Waals surface area (Å²) in [4.78, 5) is 40.4. The summed E-state index contributed by atoms with van der Waals surface area (Å²) in [5.74, 6) is 0.174. The first-order valence-corrected chi connectivity index (χ1v) is 11.3. The monoisotopic (exact) mass is 421 g/mol. The van der Waals surface area contributed by atoms with Gasteiger partial charge in [-0.2, -0.15) is 0 Å². The fraction of sp³-hybridized carbons (Fsp3) is 0.682. The minimum atomic E-state index is -0.580. The molecule has 6 nitrogen and oxygen atoms in total. The van der Waals surface area contributed by atoms with Crippen LogP contribution >= 0.6 is 11.3 Å². The lowest BCUT2D eigenvalue weighted by molar-refractivity contribution is -0.134. The normalized spacial score (nSPS) is 16.6. The number of nitrogens with zero attached hydrogens (tertiary/aromatic N) is 1. The third-order valence-electron chi connectivity index (χ3n) is 5.04. The minimum absolute atomic E-state index is 0.0183. The molecule has 1 atom stereocenters. The maximum Gasteiger partial charge on any atom is 0.262 e. The molecule has 1 saturated heterocycles. The van der Waals surface area contributed by atoms with Gasteiger partial charge in [-0.3, -0.25) is 14.4 Å². The Kier molecular flexibility index (Phi) is 8.25. The number of thiophene rings is 1. The van der Waals surface area contributed by atoms with E-state index in [0.29, 0.717) is 49.7 Å². The molecule has 0 saturated carbocycles. The van der Waals surface area contributed by atoms with Crippen LogP contribution in [-0.4, -0.2) is 48.3 Å². The van der Waals surface area contributed by atoms with E-state index >= 15 is 0 Å². The molecule has 1 fully saturated rings. The molecule has 7 heteroatoms. The van der Waals surface area contributed by atoms with E-state index in [1.165, 1.54) is 11.3 Å². The van der Waals surface area contributed by atoms with Crippen LogP contribution < -0.4 is 10.6 Å². The van der Waals surface area contributed by atoms with Gasteiger partial charge >= 0.3 is 0 Å². The number of carbonyl (C=O) groups is 3. The van der Waals surface area contributed by atoms with Crippen molar-refractivity contribution in [1.82, 2.24) is 15.5 Å². The van der Waals surface area contributed by atoms with Crippen LogP contribution in [0.15, 0.2) is 17.5 Å². The predicted molar refractivity (Wildman–Crippen MR) is 117 cm³/mol. The summed E-state index contributed by atoms with van der Waals surface area (Å²) in [5, 5.41) is 7.76. The standard InChI is InChI=1S/C22H35N3O3S/c1-15(2)14-23-21(28)19(24-20(27)17-7-6-12-29-17)16-8-10-25(11-9-16)18(26)13-22(3,4)5/h6-7,12,15-16,19H,8-11,13-14H2,1-5H3,(H,23,28)(H,24,27)/t19-/m1/s1. The van der Waals surface area contributed by atoms with Gasteiger partial charge < -0.3 is 15.5 Å². The summed E-state index contributed by atoms with van der Waals surface area (Å²) in [6.45, 7) is 12.1. The summed E-state index contributed by atoms with van der Waals surface area (Å²) < 4.78 is 0. The second-order valence-corrected chi connectivity index (χ2v) is 10.5. The van der Waals surface area contributed by atoms with Gasteiger partial charge in [0, 0.05) is 26.1 Å². The molecule has 1 aliphatic heterocycles. The number of likely N-dealkylation sites (tertiary alicyclic amines) is 1. The highest BCUT2D eigenvalue weighted by Crippen LogP contribution is 2.25. The van der Waals surface area contributed by atoms with Gasteiger partial charge in [0.1, 0.15) is 6.04 Å². The van der Waals surface area contributed by atoms with Crippen molar-refractivity contribution < 1.29 is 14.4 Å². The van der Waals surface area contributed by atoms with Crippen molar-refractivity contribution >= 4 is 29.1 Å². The van der Waals surface area contributed by atoms with E-state index in [1.54, 1.807) is 6.07 Å². The van der Waals surface area contributed by atoms with Gasteiger partial charge in [0.25, 0.3) is 5.91 Å². The highest BCUT2D eigenvalue weighted by Gasteiger charge is 2.34. The number of carbonyl (C=O) groups excluding carboxylic acids is 3. The number of hydrogen-bond donors (Lipinski definition) is 2. The predicted octanol–water partition coefficient (Wildman–Crippen LogP) is 3.29. The van der Waals surface area contributed by atoms with Crippen LogP contribution in [0, 0.1) is 17.3 Å². The molecule has 1 aromatic rings. The van der Waals surface area contributed by atoms with Gasteiger partial charge in [-0.05, 0) is 41.5 Å². The Labute approximate surface area is 178 Å². The third kappa shape index (κ3) is 7.46. The summed E-state index contributed by atoms with van der Waals surface area (Å²) in [7, 11) is 0. The van der Waals surface area contributed by atoms with Gasteiger partial charge in [-0.15, -0.1) is 11.3 Å². The number of nitrogens with one attached hydrogen (secondary N) is 2. The molecule has 2 heterocycles. The second kappa shape index (κ2) is 10.2. The molecule has 1 aliphatic rings. The molecular formula is C22H35N3O3S. The average Bonchev–Trinajstić information content (AvgIpc) is 3.17. The van der Waals surface area contributed by atoms with Gasteiger partial charge in [-0.25, -0.2) is 0 Å². The van der Waals surface area contributed by atoms with Gasteiger partial charge in [0.05, 0.1) is 4.88 Å². The van der Waals surface area contributed by atoms with E-state index in [9.17, 15) is 14.4 Å². The van der Waals surface area contributed by atoms with Crippen LogP contribution in [0.1, 0.15) is 63.6 Å². The molecule has 0 unspecified atom stereocenters. The zero-order chi connectivity index (χ0) is 21.6. The average molecular weight is 422 g/mol. The minimum Gasteiger partial charge on any atom is -0.354 e. The molecule has 3 amide bonds. The van der Waals surface area contributed by atoms with Crippen LogP contribution in [0.5, 0.6) is 0 Å². The largest absolute Gasteiger partial charge is 0.354 e. The van der Waals surface area contributed by atoms with E-state index in [1.807, 2.05) is 30.2 Å². The van der Waals surface area contributed by atoms with Crippen LogP contribution in [0.4, 0.5) is 0 Å². The molecule has 162 valence electrons. The summed E-state index contributed by atoms with van der Waals surface area (Å²) in [5.41, 5.74) is -0.0398. The molecule has 0 bridgehead atoms. The van der Waals surface area contributed by atoms with Crippen LogP contribution in [0.25, 0.3) is 0 Å². The van der Waals surface area contributed by atoms with E-state index in [-0.39, 0.29) is 29.1 Å². The van der Waals surface area contributed by atoms with Crippen molar-refractivity contribution in [2.24, 2.45) is 17.3 Å². The first-order chi connectivity index (χ1) is 13.6. The SMILES string of the molecule is CC(C)CNC(=O)[C@H](NC(=O)c1cccs1)C1CCN(C(=O)CC(C)(C)C)CC1. The lowest BCUT2D eigenvalue weighted by atomic mass is 9.87. The zero-order valence-corrected chi connectivity index (χ0v) is 19.1. The van der Waals surface area contributed by atoms with Gasteiger partial charge in [0.2, 0.25) is 11.8 Å². The Morgan fingerprint density at radius 3 is 2.38 bits per heavy atom. The Balaban J connectivity index is 2.02. The topological polar surface area (TPSA) is 78.5 Å². The summed E-state index contributed by atoms with van der Waals surface area (Å²) >= 11 is 1.36. The molecule has 0 aromatic carbocycles. The highest BCUT2D eigenvalue weighted by atomic mass is 32.1. The molecular weight excluding hydrogens is 386 g/mol. The zero-order valence-electron chi connectivity index (χ0n) is 18.3. The number of rotatable bonds is 7. The van der Waals surface area contributed by atoms with Crippen molar-refractivity contribution in [2.75, 3.05) is 19.6 Å². The number of hydrogen-bond acceptors (Lipinski definition) is 4. The van der Waals surface area contributed by atoms with Gasteiger partial charge in [0.15, 0.2) is 0 Å². The highest BCUT2D eigenvalue weighted by molar-refractivity contribution is 7.12. The lowest BCUT2D eigenvalue weighted by Gasteiger charge is -2.36. The quantitative estimate of drug-likeness (QED) is 0.709. The van der Waals surface area contributed by atoms with Crippen molar-refractivity contribution in [3.63, 3.8) is 0 Å². The van der Waals surface area contributed by atoms with E-state index in [4.69, 9.17) is 0 Å². The first kappa shape index (κ1) is 23.4. The Hall–Kier alpha value is -1.89. The maximum absolute atomic E-state index is 12.9. The maximum atomic E-state index is 12.9. The molecule has 0 spiro atoms. The smallest absolute Gasteiger partial charge is 0.262 e. The fourth-order valence-electron chi connectivity index (χ4n) is 3.48. The Bertz CT molecular complexity index is 687. The number of piperidine rings is 1. The first-order valence-electron chi connectivity index (χ1n) is 10.5. The van der Waals surface area contributed by atoms with Gasteiger partial charge in [-0.1, -0.05) is 40.7 Å². The summed E-state index contributed by atoms with van der Waals surface area (Å²) in [6, 6.07) is 3.01.